The van der Waals surface area contributed by atoms with Gasteiger partial charge in [0.15, 0.2) is 0 Å². The molecule has 1 amide bonds. The van der Waals surface area contributed by atoms with Crippen LogP contribution in [0.4, 0.5) is 10.5 Å². The number of piperidine rings is 1. The molecule has 0 aromatic heterocycles. The van der Waals surface area contributed by atoms with Gasteiger partial charge in [0.05, 0.1) is 0 Å². The molecule has 1 aromatic rings. The van der Waals surface area contributed by atoms with E-state index in [1.165, 1.54) is 4.90 Å². The standard InChI is InChI=1S/C12H16N2O3/c13-9-1-3-10(4-2-9)17-11-5-7-14(8-6-11)12(15)16/h1-4,11H,5-8,13H2,(H,15,16). The van der Waals surface area contributed by atoms with Crippen LogP contribution >= 0.6 is 0 Å². The molecule has 0 unspecified atom stereocenters. The van der Waals surface area contributed by atoms with Gasteiger partial charge in [-0.3, -0.25) is 0 Å². The molecule has 1 saturated heterocycles. The third-order valence-corrected chi connectivity index (χ3v) is 2.90. The second-order valence-electron chi connectivity index (χ2n) is 4.16. The minimum absolute atomic E-state index is 0.0919. The molecule has 1 fully saturated rings. The summed E-state index contributed by atoms with van der Waals surface area (Å²) in [6.45, 7) is 1.07. The lowest BCUT2D eigenvalue weighted by molar-refractivity contribution is 0.0895. The van der Waals surface area contributed by atoms with Gasteiger partial charge in [-0.2, -0.15) is 0 Å². The number of nitrogens with zero attached hydrogens (tertiary/aromatic N) is 1. The topological polar surface area (TPSA) is 75.8 Å². The number of hydrogen-bond acceptors (Lipinski definition) is 3. The minimum atomic E-state index is -0.851. The number of nitrogens with two attached hydrogens (primary N) is 1. The maximum absolute atomic E-state index is 10.7. The molecule has 1 aliphatic heterocycles. The zero-order chi connectivity index (χ0) is 12.3. The van der Waals surface area contributed by atoms with Crippen LogP contribution < -0.4 is 10.5 Å². The number of amides is 1. The summed E-state index contributed by atoms with van der Waals surface area (Å²) in [7, 11) is 0. The molecule has 0 bridgehead atoms. The number of anilines is 1. The normalized spacial score (nSPS) is 16.8. The maximum Gasteiger partial charge on any atom is 0.407 e. The van der Waals surface area contributed by atoms with Crippen molar-refractivity contribution in [2.45, 2.75) is 18.9 Å². The Labute approximate surface area is 99.8 Å². The van der Waals surface area contributed by atoms with E-state index in [1.807, 2.05) is 12.1 Å². The van der Waals surface area contributed by atoms with Gasteiger partial charge in [-0.1, -0.05) is 0 Å². The van der Waals surface area contributed by atoms with E-state index in [1.54, 1.807) is 12.1 Å². The molecule has 0 spiro atoms. The Morgan fingerprint density at radius 1 is 1.29 bits per heavy atom. The first-order chi connectivity index (χ1) is 8.15. The van der Waals surface area contributed by atoms with E-state index >= 15 is 0 Å². The Morgan fingerprint density at radius 2 is 1.88 bits per heavy atom. The van der Waals surface area contributed by atoms with Crippen LogP contribution in [0.25, 0.3) is 0 Å². The van der Waals surface area contributed by atoms with Crippen LogP contribution in [-0.2, 0) is 0 Å². The summed E-state index contributed by atoms with van der Waals surface area (Å²) in [5, 5.41) is 8.82. The van der Waals surface area contributed by atoms with Crippen LogP contribution in [0.5, 0.6) is 5.75 Å². The van der Waals surface area contributed by atoms with E-state index in [2.05, 4.69) is 0 Å². The van der Waals surface area contributed by atoms with Gasteiger partial charge in [0.25, 0.3) is 0 Å². The molecule has 0 atom stereocenters. The first kappa shape index (κ1) is 11.6. The van der Waals surface area contributed by atoms with Crippen molar-refractivity contribution in [3.8, 4) is 5.75 Å². The molecular weight excluding hydrogens is 220 g/mol. The molecule has 3 N–H and O–H groups in total. The van der Waals surface area contributed by atoms with Crippen LogP contribution in [0.15, 0.2) is 24.3 Å². The molecule has 0 radical (unpaired) electrons. The number of ether oxygens (including phenoxy) is 1. The number of rotatable bonds is 2. The monoisotopic (exact) mass is 236 g/mol. The fourth-order valence-electron chi connectivity index (χ4n) is 1.90. The van der Waals surface area contributed by atoms with Crippen molar-refractivity contribution in [2.75, 3.05) is 18.8 Å². The summed E-state index contributed by atoms with van der Waals surface area (Å²) in [4.78, 5) is 12.1. The molecule has 1 heterocycles. The quantitative estimate of drug-likeness (QED) is 0.767. The van der Waals surface area contributed by atoms with Crippen molar-refractivity contribution in [3.63, 3.8) is 0 Å². The van der Waals surface area contributed by atoms with E-state index < -0.39 is 6.09 Å². The Balaban J connectivity index is 1.85. The van der Waals surface area contributed by atoms with Crippen LogP contribution in [0.2, 0.25) is 0 Å². The van der Waals surface area contributed by atoms with Crippen molar-refractivity contribution < 1.29 is 14.6 Å². The highest BCUT2D eigenvalue weighted by Crippen LogP contribution is 2.20. The predicted molar refractivity (Wildman–Crippen MR) is 64.1 cm³/mol. The molecule has 5 heteroatoms. The highest BCUT2D eigenvalue weighted by atomic mass is 16.5. The number of carboxylic acid groups (broad SMARTS) is 1. The minimum Gasteiger partial charge on any atom is -0.490 e. The summed E-state index contributed by atoms with van der Waals surface area (Å²) in [5.74, 6) is 0.785. The molecule has 0 aliphatic carbocycles. The molecule has 1 aliphatic rings. The Bertz CT molecular complexity index is 383. The Morgan fingerprint density at radius 3 is 2.41 bits per heavy atom. The number of likely N-dealkylation sites (tertiary alicyclic amines) is 1. The van der Waals surface area contributed by atoms with Crippen molar-refractivity contribution in [1.82, 2.24) is 4.90 Å². The van der Waals surface area contributed by atoms with Gasteiger partial charge >= 0.3 is 6.09 Å². The summed E-state index contributed by atoms with van der Waals surface area (Å²) >= 11 is 0. The predicted octanol–water partition coefficient (Wildman–Crippen LogP) is 1.79. The second-order valence-corrected chi connectivity index (χ2v) is 4.16. The van der Waals surface area contributed by atoms with Gasteiger partial charge < -0.3 is 20.5 Å². The summed E-state index contributed by atoms with van der Waals surface area (Å²) in [6, 6.07) is 7.25. The fourth-order valence-corrected chi connectivity index (χ4v) is 1.90. The van der Waals surface area contributed by atoms with Crippen molar-refractivity contribution in [2.24, 2.45) is 0 Å². The van der Waals surface area contributed by atoms with Gasteiger partial charge in [0.2, 0.25) is 0 Å². The first-order valence-electron chi connectivity index (χ1n) is 5.65. The maximum atomic E-state index is 10.7. The van der Waals surface area contributed by atoms with E-state index in [0.29, 0.717) is 18.8 Å². The van der Waals surface area contributed by atoms with Gasteiger partial charge in [0.1, 0.15) is 11.9 Å². The van der Waals surface area contributed by atoms with Crippen LogP contribution in [0.1, 0.15) is 12.8 Å². The lowest BCUT2D eigenvalue weighted by atomic mass is 10.1. The van der Waals surface area contributed by atoms with Gasteiger partial charge in [-0.05, 0) is 24.3 Å². The van der Waals surface area contributed by atoms with Crippen LogP contribution in [0.3, 0.4) is 0 Å². The van der Waals surface area contributed by atoms with Gasteiger partial charge in [-0.25, -0.2) is 4.79 Å². The average molecular weight is 236 g/mol. The number of hydrogen-bond donors (Lipinski definition) is 2. The highest BCUT2D eigenvalue weighted by molar-refractivity contribution is 5.65. The lowest BCUT2D eigenvalue weighted by Crippen LogP contribution is -2.41. The zero-order valence-corrected chi connectivity index (χ0v) is 9.50. The van der Waals surface area contributed by atoms with Crippen molar-refractivity contribution in [3.05, 3.63) is 24.3 Å². The number of nitrogen functional groups attached to an aromatic ring is 1. The van der Waals surface area contributed by atoms with E-state index in [4.69, 9.17) is 15.6 Å². The summed E-state index contributed by atoms with van der Waals surface area (Å²) in [6.07, 6.45) is 0.707. The number of benzene rings is 1. The largest absolute Gasteiger partial charge is 0.490 e. The smallest absolute Gasteiger partial charge is 0.407 e. The van der Waals surface area contributed by atoms with E-state index in [0.717, 1.165) is 18.6 Å². The second kappa shape index (κ2) is 4.95. The average Bonchev–Trinajstić information content (AvgIpc) is 2.33. The Kier molecular flexibility index (Phi) is 3.37. The third-order valence-electron chi connectivity index (χ3n) is 2.90. The highest BCUT2D eigenvalue weighted by Gasteiger charge is 2.23. The molecule has 2 rings (SSSR count). The van der Waals surface area contributed by atoms with Crippen LogP contribution in [0, 0.1) is 0 Å². The fraction of sp³-hybridized carbons (Fsp3) is 0.417. The van der Waals surface area contributed by atoms with E-state index in [-0.39, 0.29) is 6.10 Å². The SMILES string of the molecule is Nc1ccc(OC2CCN(C(=O)O)CC2)cc1. The summed E-state index contributed by atoms with van der Waals surface area (Å²) in [5.41, 5.74) is 6.29. The third kappa shape index (κ3) is 3.03. The Hall–Kier alpha value is -1.91. The lowest BCUT2D eigenvalue weighted by Gasteiger charge is -2.30. The summed E-state index contributed by atoms with van der Waals surface area (Å²) < 4.78 is 5.76. The number of carbonyl (C=O) groups is 1. The molecule has 92 valence electrons. The van der Waals surface area contributed by atoms with Crippen molar-refractivity contribution in [1.29, 1.82) is 0 Å². The molecule has 17 heavy (non-hydrogen) atoms. The zero-order valence-electron chi connectivity index (χ0n) is 9.50. The molecule has 1 aromatic carbocycles. The van der Waals surface area contributed by atoms with E-state index in [9.17, 15) is 4.79 Å². The van der Waals surface area contributed by atoms with Gasteiger partial charge in [0, 0.05) is 31.6 Å². The first-order valence-corrected chi connectivity index (χ1v) is 5.65. The van der Waals surface area contributed by atoms with Gasteiger partial charge in [-0.15, -0.1) is 0 Å². The van der Waals surface area contributed by atoms with Crippen LogP contribution in [-0.4, -0.2) is 35.3 Å². The molecular formula is C12H16N2O3. The molecule has 0 saturated carbocycles. The molecule has 5 nitrogen and oxygen atoms in total. The van der Waals surface area contributed by atoms with Crippen molar-refractivity contribution >= 4 is 11.8 Å².